The molecule has 1 fully saturated rings. The first-order valence-corrected chi connectivity index (χ1v) is 9.06. The second kappa shape index (κ2) is 8.29. The number of benzene rings is 2. The van der Waals surface area contributed by atoms with Gasteiger partial charge in [0.2, 0.25) is 0 Å². The van der Waals surface area contributed by atoms with Crippen LogP contribution in [0.4, 0.5) is 4.39 Å². The average Bonchev–Trinajstić information content (AvgIpc) is 2.97. The zero-order valence-electron chi connectivity index (χ0n) is 13.8. The lowest BCUT2D eigenvalue weighted by molar-refractivity contribution is -0.123. The minimum absolute atomic E-state index is 0.0875. The van der Waals surface area contributed by atoms with Gasteiger partial charge in [-0.05, 0) is 29.8 Å². The van der Waals surface area contributed by atoms with Gasteiger partial charge >= 0.3 is 0 Å². The lowest BCUT2D eigenvalue weighted by Gasteiger charge is -2.12. The molecular weight excluding hydrogens is 375 g/mol. The van der Waals surface area contributed by atoms with E-state index >= 15 is 0 Å². The molecule has 0 spiro atoms. The van der Waals surface area contributed by atoms with E-state index in [-0.39, 0.29) is 18.3 Å². The number of rotatable bonds is 6. The second-order valence-electron chi connectivity index (χ2n) is 5.30. The Morgan fingerprint density at radius 3 is 2.81 bits per heavy atom. The zero-order valence-corrected chi connectivity index (χ0v) is 15.5. The quantitative estimate of drug-likeness (QED) is 0.557. The lowest BCUT2D eigenvalue weighted by Crippen LogP contribution is -2.22. The van der Waals surface area contributed by atoms with Gasteiger partial charge in [0, 0.05) is 5.56 Å². The summed E-state index contributed by atoms with van der Waals surface area (Å²) < 4.78 is 25.1. The summed E-state index contributed by atoms with van der Waals surface area (Å²) in [5.41, 5.74) is 1.17. The Balaban J connectivity index is 1.72. The van der Waals surface area contributed by atoms with Crippen LogP contribution in [0.25, 0.3) is 0 Å². The van der Waals surface area contributed by atoms with Crippen molar-refractivity contribution in [2.45, 2.75) is 6.61 Å². The van der Waals surface area contributed by atoms with Crippen LogP contribution in [0.15, 0.2) is 47.6 Å². The third-order valence-electron chi connectivity index (χ3n) is 3.58. The summed E-state index contributed by atoms with van der Waals surface area (Å²) in [4.78, 5) is 11.7. The Bertz CT molecular complexity index is 857. The number of ether oxygens (including phenoxy) is 2. The highest BCUT2D eigenvalue weighted by molar-refractivity contribution is 8.23. The van der Waals surface area contributed by atoms with E-state index in [9.17, 15) is 9.18 Å². The summed E-state index contributed by atoms with van der Waals surface area (Å²) in [7, 11) is 1.52. The minimum atomic E-state index is -0.320. The predicted molar refractivity (Wildman–Crippen MR) is 103 cm³/mol. The zero-order chi connectivity index (χ0) is 18.5. The molecule has 0 aromatic heterocycles. The smallest absolute Gasteiger partial charge is 0.259 e. The molecule has 0 unspecified atom stereocenters. The van der Waals surface area contributed by atoms with E-state index < -0.39 is 0 Å². The second-order valence-corrected chi connectivity index (χ2v) is 6.90. The highest BCUT2D eigenvalue weighted by Gasteiger charge is 2.25. The van der Waals surface area contributed by atoms with Crippen molar-refractivity contribution in [1.82, 2.24) is 5.01 Å². The SMILES string of the molecule is COc1cc(/C=N/N2C(=O)CSC2=S)ccc1OCc1ccccc1F. The summed E-state index contributed by atoms with van der Waals surface area (Å²) in [6.07, 6.45) is 1.53. The van der Waals surface area contributed by atoms with Crippen LogP contribution in [-0.4, -0.2) is 34.3 Å². The topological polar surface area (TPSA) is 51.1 Å². The molecule has 0 aliphatic carbocycles. The maximum Gasteiger partial charge on any atom is 0.259 e. The van der Waals surface area contributed by atoms with Crippen LogP contribution in [0.3, 0.4) is 0 Å². The molecule has 1 aliphatic rings. The molecule has 0 saturated carbocycles. The van der Waals surface area contributed by atoms with E-state index in [0.717, 1.165) is 0 Å². The number of methoxy groups -OCH3 is 1. The molecule has 0 radical (unpaired) electrons. The molecule has 0 bridgehead atoms. The van der Waals surface area contributed by atoms with Crippen molar-refractivity contribution in [3.63, 3.8) is 0 Å². The van der Waals surface area contributed by atoms with Gasteiger partial charge in [-0.1, -0.05) is 42.2 Å². The molecule has 0 N–H and O–H groups in total. The van der Waals surface area contributed by atoms with Crippen LogP contribution in [0.2, 0.25) is 0 Å². The molecule has 1 saturated heterocycles. The first kappa shape index (κ1) is 18.3. The minimum Gasteiger partial charge on any atom is -0.493 e. The maximum atomic E-state index is 13.7. The summed E-state index contributed by atoms with van der Waals surface area (Å²) >= 11 is 6.36. The number of nitrogens with zero attached hydrogens (tertiary/aromatic N) is 2. The Hall–Kier alpha value is -2.45. The Morgan fingerprint density at radius 2 is 2.12 bits per heavy atom. The van der Waals surface area contributed by atoms with Gasteiger partial charge in [0.05, 0.1) is 19.1 Å². The van der Waals surface area contributed by atoms with Crippen LogP contribution in [0.1, 0.15) is 11.1 Å². The molecule has 26 heavy (non-hydrogen) atoms. The first-order chi connectivity index (χ1) is 12.6. The van der Waals surface area contributed by atoms with Gasteiger partial charge in [-0.25, -0.2) is 4.39 Å². The predicted octanol–water partition coefficient (Wildman–Crippen LogP) is 3.61. The van der Waals surface area contributed by atoms with Gasteiger partial charge in [0.1, 0.15) is 12.4 Å². The number of thiocarbonyl (C=S) groups is 1. The molecular formula is C18H15FN2O3S2. The van der Waals surface area contributed by atoms with E-state index in [1.165, 1.54) is 36.2 Å². The van der Waals surface area contributed by atoms with Crippen molar-refractivity contribution in [1.29, 1.82) is 0 Å². The maximum absolute atomic E-state index is 13.7. The van der Waals surface area contributed by atoms with Gasteiger partial charge in [0.25, 0.3) is 5.91 Å². The lowest BCUT2D eigenvalue weighted by atomic mass is 10.2. The van der Waals surface area contributed by atoms with Gasteiger partial charge in [-0.15, -0.1) is 0 Å². The fourth-order valence-electron chi connectivity index (χ4n) is 2.24. The molecule has 1 aliphatic heterocycles. The van der Waals surface area contributed by atoms with E-state index in [1.807, 2.05) is 0 Å². The van der Waals surface area contributed by atoms with E-state index in [0.29, 0.717) is 32.7 Å². The van der Waals surface area contributed by atoms with Crippen molar-refractivity contribution in [2.75, 3.05) is 12.9 Å². The molecule has 8 heteroatoms. The number of carbonyl (C=O) groups excluding carboxylic acids is 1. The number of hydrazone groups is 1. The fraction of sp³-hybridized carbons (Fsp3) is 0.167. The number of hydrogen-bond acceptors (Lipinski definition) is 6. The Kier molecular flexibility index (Phi) is 5.85. The van der Waals surface area contributed by atoms with Crippen molar-refractivity contribution in [2.24, 2.45) is 5.10 Å². The van der Waals surface area contributed by atoms with Crippen molar-refractivity contribution < 1.29 is 18.7 Å². The van der Waals surface area contributed by atoms with E-state index in [4.69, 9.17) is 21.7 Å². The number of thioether (sulfide) groups is 1. The van der Waals surface area contributed by atoms with Crippen LogP contribution < -0.4 is 9.47 Å². The molecule has 1 heterocycles. The van der Waals surface area contributed by atoms with Crippen molar-refractivity contribution in [3.05, 3.63) is 59.4 Å². The molecule has 0 atom stereocenters. The molecule has 1 amide bonds. The molecule has 2 aromatic carbocycles. The van der Waals surface area contributed by atoms with E-state index in [1.54, 1.807) is 36.4 Å². The molecule has 2 aromatic rings. The first-order valence-electron chi connectivity index (χ1n) is 7.66. The monoisotopic (exact) mass is 390 g/mol. The highest BCUT2D eigenvalue weighted by Crippen LogP contribution is 2.29. The van der Waals surface area contributed by atoms with Gasteiger partial charge < -0.3 is 9.47 Å². The number of amides is 1. The Morgan fingerprint density at radius 1 is 1.31 bits per heavy atom. The summed E-state index contributed by atoms with van der Waals surface area (Å²) in [6.45, 7) is 0.0875. The highest BCUT2D eigenvalue weighted by atomic mass is 32.2. The molecule has 5 nitrogen and oxygen atoms in total. The van der Waals surface area contributed by atoms with Crippen molar-refractivity contribution in [3.8, 4) is 11.5 Å². The summed E-state index contributed by atoms with van der Waals surface area (Å²) in [5, 5.41) is 5.32. The van der Waals surface area contributed by atoms with Gasteiger partial charge in [-0.2, -0.15) is 10.1 Å². The third kappa shape index (κ3) is 4.20. The average molecular weight is 390 g/mol. The van der Waals surface area contributed by atoms with Gasteiger partial charge in [-0.3, -0.25) is 4.79 Å². The largest absolute Gasteiger partial charge is 0.493 e. The number of hydrogen-bond donors (Lipinski definition) is 0. The van der Waals surface area contributed by atoms with Crippen LogP contribution in [0, 0.1) is 5.82 Å². The van der Waals surface area contributed by atoms with E-state index in [2.05, 4.69) is 5.10 Å². The van der Waals surface area contributed by atoms with Crippen LogP contribution in [-0.2, 0) is 11.4 Å². The normalized spacial score (nSPS) is 14.3. The van der Waals surface area contributed by atoms with Crippen LogP contribution in [0.5, 0.6) is 11.5 Å². The Labute approximate surface area is 159 Å². The standard InChI is InChI=1S/C18H15FN2O3S2/c1-23-16-8-12(9-20-21-17(22)11-26-18(21)25)6-7-15(16)24-10-13-4-2-3-5-14(13)19/h2-9H,10-11H2,1H3/b20-9+. The van der Waals surface area contributed by atoms with Gasteiger partial charge in [0.15, 0.2) is 15.8 Å². The number of carbonyl (C=O) groups is 1. The number of halogens is 1. The fourth-order valence-corrected chi connectivity index (χ4v) is 3.20. The third-order valence-corrected chi connectivity index (χ3v) is 4.92. The summed E-state index contributed by atoms with van der Waals surface area (Å²) in [6, 6.07) is 11.6. The molecule has 134 valence electrons. The molecule has 3 rings (SSSR count). The van der Waals surface area contributed by atoms with Crippen molar-refractivity contribution >= 4 is 40.4 Å². The summed E-state index contributed by atoms with van der Waals surface area (Å²) in [5.74, 6) is 0.807. The van der Waals surface area contributed by atoms with Crippen LogP contribution >= 0.6 is 24.0 Å².